The van der Waals surface area contributed by atoms with E-state index in [0.717, 1.165) is 4.70 Å². The van der Waals surface area contributed by atoms with Crippen LogP contribution in [0.3, 0.4) is 0 Å². The van der Waals surface area contributed by atoms with Gasteiger partial charge in [0, 0.05) is 5.02 Å². The number of aromatic nitrogens is 1. The molecule has 158 valence electrons. The van der Waals surface area contributed by atoms with Gasteiger partial charge in [0.15, 0.2) is 6.61 Å². The zero-order chi connectivity index (χ0) is 21.8. The van der Waals surface area contributed by atoms with Crippen molar-refractivity contribution in [3.63, 3.8) is 0 Å². The second kappa shape index (κ2) is 9.38. The molecule has 2 heterocycles. The zero-order valence-electron chi connectivity index (χ0n) is 16.1. The van der Waals surface area contributed by atoms with Gasteiger partial charge in [0.2, 0.25) is 5.13 Å². The number of furan rings is 1. The molecule has 0 bridgehead atoms. The quantitative estimate of drug-likeness (QED) is 0.255. The van der Waals surface area contributed by atoms with Crippen LogP contribution < -0.4 is 14.5 Å². The van der Waals surface area contributed by atoms with Crippen molar-refractivity contribution >= 4 is 62.0 Å². The molecule has 0 aliphatic rings. The summed E-state index contributed by atoms with van der Waals surface area (Å²) in [5, 5.41) is 6.59. The predicted octanol–water partition coefficient (Wildman–Crippen LogP) is 5.65. The van der Waals surface area contributed by atoms with Gasteiger partial charge in [-0.3, -0.25) is 4.79 Å². The van der Waals surface area contributed by atoms with E-state index in [9.17, 15) is 4.79 Å². The Morgan fingerprint density at radius 1 is 1.26 bits per heavy atom. The maximum absolute atomic E-state index is 13.0. The summed E-state index contributed by atoms with van der Waals surface area (Å²) in [7, 11) is 1.59. The number of hydrazone groups is 1. The van der Waals surface area contributed by atoms with Crippen LogP contribution in [-0.2, 0) is 4.79 Å². The second-order valence-electron chi connectivity index (χ2n) is 6.16. The minimum atomic E-state index is -0.445. The van der Waals surface area contributed by atoms with E-state index >= 15 is 0 Å². The van der Waals surface area contributed by atoms with Crippen molar-refractivity contribution in [3.05, 3.63) is 70.6 Å². The van der Waals surface area contributed by atoms with Crippen LogP contribution in [-0.4, -0.2) is 30.8 Å². The Kier molecular flexibility index (Phi) is 6.41. The second-order valence-corrected chi connectivity index (χ2v) is 8.01. The molecular formula is C21H15Cl2N3O4S. The molecule has 0 radical (unpaired) electrons. The molecule has 0 atom stereocenters. The number of methoxy groups -OCH3 is 1. The standard InChI is InChI=1S/C21H15Cl2N3O4S/c1-28-14-5-6-17-19(10-14)31-21(25-17)26(24-11-15-3-2-8-29-15)20(27)12-30-18-7-4-13(22)9-16(18)23/h2-11H,12H2,1H3/b24-11+. The van der Waals surface area contributed by atoms with Crippen LogP contribution in [0.25, 0.3) is 10.2 Å². The van der Waals surface area contributed by atoms with Crippen LogP contribution in [0.1, 0.15) is 5.76 Å². The highest BCUT2D eigenvalue weighted by Gasteiger charge is 2.21. The minimum Gasteiger partial charge on any atom is -0.497 e. The van der Waals surface area contributed by atoms with Crippen molar-refractivity contribution in [2.75, 3.05) is 18.7 Å². The molecule has 0 aliphatic carbocycles. The smallest absolute Gasteiger partial charge is 0.287 e. The third-order valence-corrected chi connectivity index (χ3v) is 5.61. The van der Waals surface area contributed by atoms with Crippen LogP contribution in [0.15, 0.2) is 64.3 Å². The lowest BCUT2D eigenvalue weighted by molar-refractivity contribution is -0.120. The van der Waals surface area contributed by atoms with Crippen molar-refractivity contribution < 1.29 is 18.7 Å². The number of hydrogen-bond donors (Lipinski definition) is 0. The van der Waals surface area contributed by atoms with Gasteiger partial charge in [-0.15, -0.1) is 0 Å². The van der Waals surface area contributed by atoms with Crippen molar-refractivity contribution in [2.24, 2.45) is 5.10 Å². The van der Waals surface area contributed by atoms with Crippen molar-refractivity contribution in [1.82, 2.24) is 4.98 Å². The number of hydrogen-bond acceptors (Lipinski definition) is 7. The van der Waals surface area contributed by atoms with Gasteiger partial charge in [-0.25, -0.2) is 4.98 Å². The third kappa shape index (κ3) is 4.99. The van der Waals surface area contributed by atoms with Gasteiger partial charge in [0.1, 0.15) is 17.3 Å². The Morgan fingerprint density at radius 3 is 2.87 bits per heavy atom. The third-order valence-electron chi connectivity index (χ3n) is 4.09. The molecule has 4 aromatic rings. The number of carbonyl (C=O) groups excluding carboxylic acids is 1. The zero-order valence-corrected chi connectivity index (χ0v) is 18.4. The molecule has 10 heteroatoms. The number of rotatable bonds is 7. The number of fused-ring (bicyclic) bond motifs is 1. The number of benzene rings is 2. The lowest BCUT2D eigenvalue weighted by atomic mass is 10.3. The normalized spacial score (nSPS) is 11.2. The number of anilines is 1. The van der Waals surface area contributed by atoms with Gasteiger partial charge in [0.25, 0.3) is 5.91 Å². The number of amides is 1. The first kappa shape index (κ1) is 21.2. The highest BCUT2D eigenvalue weighted by molar-refractivity contribution is 7.22. The molecule has 0 fully saturated rings. The molecule has 2 aromatic carbocycles. The molecule has 0 saturated carbocycles. The van der Waals surface area contributed by atoms with Crippen molar-refractivity contribution in [1.29, 1.82) is 0 Å². The van der Waals surface area contributed by atoms with Crippen LogP contribution in [0.4, 0.5) is 5.13 Å². The van der Waals surface area contributed by atoms with Gasteiger partial charge in [-0.2, -0.15) is 10.1 Å². The van der Waals surface area contributed by atoms with E-state index < -0.39 is 5.91 Å². The lowest BCUT2D eigenvalue weighted by Gasteiger charge is -2.14. The molecule has 0 unspecified atom stereocenters. The van der Waals surface area contributed by atoms with Gasteiger partial charge in [-0.1, -0.05) is 34.5 Å². The summed E-state index contributed by atoms with van der Waals surface area (Å²) in [6.07, 6.45) is 2.95. The van der Waals surface area contributed by atoms with Gasteiger partial charge in [0.05, 0.1) is 34.8 Å². The summed E-state index contributed by atoms with van der Waals surface area (Å²) in [6.45, 7) is -0.309. The minimum absolute atomic E-state index is 0.304. The molecule has 31 heavy (non-hydrogen) atoms. The summed E-state index contributed by atoms with van der Waals surface area (Å²) in [5.74, 6) is 1.07. The topological polar surface area (TPSA) is 77.2 Å². The Morgan fingerprint density at radius 2 is 2.13 bits per heavy atom. The fourth-order valence-corrected chi connectivity index (χ4v) is 4.04. The Labute approximate surface area is 191 Å². The average molecular weight is 476 g/mol. The summed E-state index contributed by atoms with van der Waals surface area (Å²) < 4.78 is 17.0. The summed E-state index contributed by atoms with van der Waals surface area (Å²) in [6, 6.07) is 13.7. The van der Waals surface area contributed by atoms with Gasteiger partial charge < -0.3 is 13.9 Å². The monoisotopic (exact) mass is 475 g/mol. The number of carbonyl (C=O) groups is 1. The van der Waals surface area contributed by atoms with Crippen LogP contribution in [0, 0.1) is 0 Å². The van der Waals surface area contributed by atoms with E-state index in [1.165, 1.54) is 34.9 Å². The maximum Gasteiger partial charge on any atom is 0.287 e. The Hall–Kier alpha value is -3.07. The van der Waals surface area contributed by atoms with E-state index in [-0.39, 0.29) is 6.61 Å². The van der Waals surface area contributed by atoms with E-state index in [4.69, 9.17) is 37.1 Å². The lowest BCUT2D eigenvalue weighted by Crippen LogP contribution is -2.30. The van der Waals surface area contributed by atoms with Gasteiger partial charge >= 0.3 is 0 Å². The first-order valence-electron chi connectivity index (χ1n) is 8.96. The summed E-state index contributed by atoms with van der Waals surface area (Å²) in [4.78, 5) is 17.5. The molecule has 0 saturated heterocycles. The summed E-state index contributed by atoms with van der Waals surface area (Å²) in [5.41, 5.74) is 0.716. The number of ether oxygens (including phenoxy) is 2. The molecule has 0 aliphatic heterocycles. The molecule has 4 rings (SSSR count). The number of thiazole rings is 1. The predicted molar refractivity (Wildman–Crippen MR) is 122 cm³/mol. The molecular weight excluding hydrogens is 461 g/mol. The van der Waals surface area contributed by atoms with E-state index in [1.54, 1.807) is 37.4 Å². The molecule has 0 N–H and O–H groups in total. The largest absolute Gasteiger partial charge is 0.497 e. The van der Waals surface area contributed by atoms with Crippen LogP contribution in [0.5, 0.6) is 11.5 Å². The average Bonchev–Trinajstić information content (AvgIpc) is 3.42. The molecule has 1 amide bonds. The SMILES string of the molecule is COc1ccc2nc(N(/N=C/c3ccco3)C(=O)COc3ccc(Cl)cc3Cl)sc2c1. The van der Waals surface area contributed by atoms with E-state index in [1.807, 2.05) is 12.1 Å². The van der Waals surface area contributed by atoms with E-state index in [0.29, 0.717) is 38.0 Å². The molecule has 2 aromatic heterocycles. The maximum atomic E-state index is 13.0. The van der Waals surface area contributed by atoms with E-state index in [2.05, 4.69) is 10.1 Å². The van der Waals surface area contributed by atoms with Crippen molar-refractivity contribution in [2.45, 2.75) is 0 Å². The molecule has 7 nitrogen and oxygen atoms in total. The van der Waals surface area contributed by atoms with Crippen LogP contribution in [0.2, 0.25) is 10.0 Å². The van der Waals surface area contributed by atoms with Crippen LogP contribution >= 0.6 is 34.5 Å². The first-order chi connectivity index (χ1) is 15.0. The fraction of sp³-hybridized carbons (Fsp3) is 0.0952. The Balaban J connectivity index is 1.61. The number of nitrogens with zero attached hydrogens (tertiary/aromatic N) is 3. The highest BCUT2D eigenvalue weighted by atomic mass is 35.5. The van der Waals surface area contributed by atoms with Gasteiger partial charge in [-0.05, 0) is 48.5 Å². The first-order valence-corrected chi connectivity index (χ1v) is 10.5. The highest BCUT2D eigenvalue weighted by Crippen LogP contribution is 2.32. The number of halogens is 2. The Bertz CT molecular complexity index is 1240. The van der Waals surface area contributed by atoms with Crippen molar-refractivity contribution in [3.8, 4) is 11.5 Å². The summed E-state index contributed by atoms with van der Waals surface area (Å²) >= 11 is 13.3. The fourth-order valence-electron chi connectivity index (χ4n) is 2.60. The molecule has 0 spiro atoms.